The van der Waals surface area contributed by atoms with Crippen molar-refractivity contribution in [3.05, 3.63) is 52.9 Å². The number of rotatable bonds is 6. The highest BCUT2D eigenvalue weighted by Crippen LogP contribution is 2.25. The molecule has 2 rings (SSSR count). The third-order valence-electron chi connectivity index (χ3n) is 2.88. The third kappa shape index (κ3) is 3.54. The summed E-state index contributed by atoms with van der Waals surface area (Å²) >= 11 is 0. The maximum absolute atomic E-state index is 11.6. The van der Waals surface area contributed by atoms with E-state index in [0.717, 1.165) is 0 Å². The van der Waals surface area contributed by atoms with Crippen molar-refractivity contribution in [3.63, 3.8) is 0 Å². The van der Waals surface area contributed by atoms with Crippen LogP contribution < -0.4 is 20.8 Å². The van der Waals surface area contributed by atoms with Crippen LogP contribution in [-0.2, 0) is 6.54 Å². The van der Waals surface area contributed by atoms with E-state index in [9.17, 15) is 4.79 Å². The molecule has 0 aliphatic heterocycles. The first-order valence-corrected chi connectivity index (χ1v) is 6.42. The lowest BCUT2D eigenvalue weighted by Crippen LogP contribution is -2.20. The molecule has 0 aliphatic carbocycles. The van der Waals surface area contributed by atoms with Gasteiger partial charge < -0.3 is 19.8 Å². The molecular weight excluding hydrogens is 256 g/mol. The molecule has 0 fully saturated rings. The highest BCUT2D eigenvalue weighted by atomic mass is 16.5. The molecule has 1 heterocycles. The second-order valence-corrected chi connectivity index (χ2v) is 4.35. The van der Waals surface area contributed by atoms with Crippen molar-refractivity contribution in [3.8, 4) is 11.5 Å². The van der Waals surface area contributed by atoms with Gasteiger partial charge in [0.05, 0.1) is 13.7 Å². The molecule has 1 aromatic heterocycles. The number of benzene rings is 1. The second kappa shape index (κ2) is 6.65. The Morgan fingerprint density at radius 3 is 2.65 bits per heavy atom. The van der Waals surface area contributed by atoms with Gasteiger partial charge in [0.2, 0.25) is 0 Å². The normalized spacial score (nSPS) is 10.2. The summed E-state index contributed by atoms with van der Waals surface area (Å²) in [5, 5.41) is 0. The number of anilines is 1. The summed E-state index contributed by atoms with van der Waals surface area (Å²) in [5.74, 6) is 1.41. The van der Waals surface area contributed by atoms with Gasteiger partial charge in [0.1, 0.15) is 0 Å². The zero-order chi connectivity index (χ0) is 14.4. The molecule has 0 unspecified atom stereocenters. The molecule has 0 spiro atoms. The summed E-state index contributed by atoms with van der Waals surface area (Å²) in [4.78, 5) is 11.6. The molecule has 5 nitrogen and oxygen atoms in total. The van der Waals surface area contributed by atoms with E-state index >= 15 is 0 Å². The number of aromatic nitrogens is 1. The van der Waals surface area contributed by atoms with Crippen LogP contribution in [0.5, 0.6) is 11.5 Å². The van der Waals surface area contributed by atoms with E-state index < -0.39 is 0 Å². The fourth-order valence-electron chi connectivity index (χ4n) is 1.88. The number of nitrogen functional groups attached to an aromatic ring is 1. The van der Waals surface area contributed by atoms with Crippen molar-refractivity contribution in [2.24, 2.45) is 0 Å². The molecule has 0 saturated heterocycles. The largest absolute Gasteiger partial charge is 0.493 e. The second-order valence-electron chi connectivity index (χ2n) is 4.35. The molecule has 1 aromatic carbocycles. The van der Waals surface area contributed by atoms with Crippen LogP contribution in [0.25, 0.3) is 0 Å². The minimum absolute atomic E-state index is 0.0588. The van der Waals surface area contributed by atoms with Crippen LogP contribution >= 0.6 is 0 Å². The van der Waals surface area contributed by atoms with Crippen molar-refractivity contribution in [1.29, 1.82) is 0 Å². The van der Waals surface area contributed by atoms with Gasteiger partial charge in [-0.15, -0.1) is 0 Å². The Bertz CT molecular complexity index is 623. The molecular formula is C15H18N2O3. The number of hydrogen-bond acceptors (Lipinski definition) is 4. The lowest BCUT2D eigenvalue weighted by Gasteiger charge is -2.11. The van der Waals surface area contributed by atoms with Crippen LogP contribution in [0.4, 0.5) is 5.69 Å². The molecule has 2 aromatic rings. The molecule has 20 heavy (non-hydrogen) atoms. The van der Waals surface area contributed by atoms with E-state index in [-0.39, 0.29) is 5.56 Å². The summed E-state index contributed by atoms with van der Waals surface area (Å²) in [7, 11) is 1.61. The average molecular weight is 274 g/mol. The summed E-state index contributed by atoms with van der Waals surface area (Å²) in [6.07, 6.45) is 2.35. The minimum atomic E-state index is -0.0588. The van der Waals surface area contributed by atoms with Gasteiger partial charge in [-0.3, -0.25) is 4.79 Å². The number of nitrogens with zero attached hydrogens (tertiary/aromatic N) is 1. The Labute approximate surface area is 117 Å². The zero-order valence-corrected chi connectivity index (χ0v) is 11.4. The van der Waals surface area contributed by atoms with E-state index in [1.807, 2.05) is 24.3 Å². The number of aryl methyl sites for hydroxylation is 1. The Hall–Kier alpha value is -2.43. The number of methoxy groups -OCH3 is 1. The molecule has 2 N–H and O–H groups in total. The van der Waals surface area contributed by atoms with Crippen LogP contribution in [0.3, 0.4) is 0 Å². The number of nitrogens with two attached hydrogens (primary N) is 1. The fraction of sp³-hybridized carbons (Fsp3) is 0.267. The van der Waals surface area contributed by atoms with Gasteiger partial charge in [0.25, 0.3) is 5.56 Å². The number of ether oxygens (including phenoxy) is 2. The Balaban J connectivity index is 1.87. The number of pyridine rings is 1. The predicted octanol–water partition coefficient (Wildman–Crippen LogP) is 1.91. The van der Waals surface area contributed by atoms with Gasteiger partial charge in [-0.05, 0) is 24.6 Å². The topological polar surface area (TPSA) is 66.5 Å². The summed E-state index contributed by atoms with van der Waals surface area (Å²) in [6.45, 7) is 1.07. The van der Waals surface area contributed by atoms with Crippen molar-refractivity contribution in [2.75, 3.05) is 19.5 Å². The van der Waals surface area contributed by atoms with Gasteiger partial charge in [0.15, 0.2) is 11.5 Å². The highest BCUT2D eigenvalue weighted by Gasteiger charge is 2.02. The Morgan fingerprint density at radius 1 is 1.15 bits per heavy atom. The van der Waals surface area contributed by atoms with Crippen LogP contribution in [-0.4, -0.2) is 18.3 Å². The third-order valence-corrected chi connectivity index (χ3v) is 2.88. The van der Waals surface area contributed by atoms with Crippen LogP contribution in [0.15, 0.2) is 47.4 Å². The Morgan fingerprint density at radius 2 is 1.90 bits per heavy atom. The lowest BCUT2D eigenvalue weighted by atomic mass is 10.3. The molecule has 0 amide bonds. The summed E-state index contributed by atoms with van der Waals surface area (Å²) < 4.78 is 12.4. The molecule has 0 bridgehead atoms. The van der Waals surface area contributed by atoms with Gasteiger partial charge in [-0.2, -0.15) is 0 Å². The minimum Gasteiger partial charge on any atom is -0.493 e. The molecule has 0 atom stereocenters. The number of hydrogen-bond donors (Lipinski definition) is 1. The van der Waals surface area contributed by atoms with E-state index in [1.54, 1.807) is 23.9 Å². The van der Waals surface area contributed by atoms with Crippen LogP contribution in [0.2, 0.25) is 0 Å². The van der Waals surface area contributed by atoms with Crippen molar-refractivity contribution < 1.29 is 9.47 Å². The van der Waals surface area contributed by atoms with E-state index in [0.29, 0.717) is 36.8 Å². The van der Waals surface area contributed by atoms with E-state index in [2.05, 4.69) is 0 Å². The van der Waals surface area contributed by atoms with Crippen LogP contribution in [0, 0.1) is 0 Å². The average Bonchev–Trinajstić information content (AvgIpc) is 2.47. The molecule has 106 valence electrons. The molecule has 5 heteroatoms. The van der Waals surface area contributed by atoms with E-state index in [1.165, 1.54) is 6.07 Å². The molecule has 0 saturated carbocycles. The van der Waals surface area contributed by atoms with Crippen LogP contribution in [0.1, 0.15) is 6.42 Å². The number of para-hydroxylation sites is 2. The van der Waals surface area contributed by atoms with Gasteiger partial charge >= 0.3 is 0 Å². The first kappa shape index (κ1) is 14.0. The lowest BCUT2D eigenvalue weighted by molar-refractivity contribution is 0.282. The SMILES string of the molecule is COc1ccccc1OCCCn1cc(N)ccc1=O. The van der Waals surface area contributed by atoms with Crippen molar-refractivity contribution in [1.82, 2.24) is 4.57 Å². The van der Waals surface area contributed by atoms with E-state index in [4.69, 9.17) is 15.2 Å². The quantitative estimate of drug-likeness (QED) is 0.817. The van der Waals surface area contributed by atoms with Gasteiger partial charge in [0, 0.05) is 24.5 Å². The first-order valence-electron chi connectivity index (χ1n) is 6.42. The fourth-order valence-corrected chi connectivity index (χ4v) is 1.88. The summed E-state index contributed by atoms with van der Waals surface area (Å²) in [6, 6.07) is 10.5. The zero-order valence-electron chi connectivity index (χ0n) is 11.4. The van der Waals surface area contributed by atoms with Gasteiger partial charge in [-0.25, -0.2) is 0 Å². The maximum Gasteiger partial charge on any atom is 0.250 e. The highest BCUT2D eigenvalue weighted by molar-refractivity contribution is 5.39. The van der Waals surface area contributed by atoms with Gasteiger partial charge in [-0.1, -0.05) is 12.1 Å². The smallest absolute Gasteiger partial charge is 0.250 e. The monoisotopic (exact) mass is 274 g/mol. The summed E-state index contributed by atoms with van der Waals surface area (Å²) in [5.41, 5.74) is 6.17. The maximum atomic E-state index is 11.6. The molecule has 0 aliphatic rings. The van der Waals surface area contributed by atoms with Crippen molar-refractivity contribution >= 4 is 5.69 Å². The Kier molecular flexibility index (Phi) is 4.65. The molecule has 0 radical (unpaired) electrons. The standard InChI is InChI=1S/C15H18N2O3/c1-19-13-5-2-3-6-14(13)20-10-4-9-17-11-12(16)7-8-15(17)18/h2-3,5-8,11H,4,9-10,16H2,1H3. The predicted molar refractivity (Wildman–Crippen MR) is 78.2 cm³/mol. The van der Waals surface area contributed by atoms with Crippen molar-refractivity contribution in [2.45, 2.75) is 13.0 Å². The first-order chi connectivity index (χ1) is 9.70.